The van der Waals surface area contributed by atoms with Gasteiger partial charge in [-0.1, -0.05) is 48.5 Å². The second-order valence-electron chi connectivity index (χ2n) is 6.21. The van der Waals surface area contributed by atoms with Crippen LogP contribution < -0.4 is 21.7 Å². The molecule has 3 rings (SSSR count). The number of aryl methyl sites for hydroxylation is 1. The van der Waals surface area contributed by atoms with E-state index in [2.05, 4.69) is 21.7 Å². The average molecular weight is 354 g/mol. The molecular formula is C19H22N4O3. The molecule has 1 aliphatic heterocycles. The topological polar surface area (TPSA) is 102 Å². The highest BCUT2D eigenvalue weighted by Crippen LogP contribution is 2.21. The molecule has 136 valence electrons. The van der Waals surface area contributed by atoms with E-state index >= 15 is 0 Å². The zero-order valence-corrected chi connectivity index (χ0v) is 14.2. The molecule has 1 heterocycles. The molecule has 2 amide bonds. The van der Waals surface area contributed by atoms with Gasteiger partial charge >= 0.3 is 0 Å². The number of nitrogens with one attached hydrogen (secondary N) is 4. The van der Waals surface area contributed by atoms with Crippen molar-refractivity contribution in [3.05, 3.63) is 65.7 Å². The highest BCUT2D eigenvalue weighted by atomic mass is 16.3. The number of carbonyl (C=O) groups is 2. The molecule has 1 aliphatic rings. The molecule has 0 aromatic heterocycles. The third-order valence-corrected chi connectivity index (χ3v) is 4.36. The van der Waals surface area contributed by atoms with Gasteiger partial charge in [0.2, 0.25) is 5.91 Å². The van der Waals surface area contributed by atoms with Crippen LogP contribution in [0.4, 0.5) is 0 Å². The van der Waals surface area contributed by atoms with Gasteiger partial charge in [-0.3, -0.25) is 20.4 Å². The zero-order chi connectivity index (χ0) is 18.4. The molecule has 5 N–H and O–H groups in total. The number of rotatable bonds is 5. The summed E-state index contributed by atoms with van der Waals surface area (Å²) in [5, 5.41) is 9.69. The number of amides is 2. The number of phenolic OH excluding ortho intramolecular Hbond substituents is 1. The molecule has 1 fully saturated rings. The predicted molar refractivity (Wildman–Crippen MR) is 96.6 cm³/mol. The summed E-state index contributed by atoms with van der Waals surface area (Å²) in [5.41, 5.74) is 12.7. The number of phenols is 1. The lowest BCUT2D eigenvalue weighted by Crippen LogP contribution is -2.50. The van der Waals surface area contributed by atoms with Crippen LogP contribution in [0.5, 0.6) is 5.75 Å². The average Bonchev–Trinajstić information content (AvgIpc) is 3.16. The molecule has 26 heavy (non-hydrogen) atoms. The summed E-state index contributed by atoms with van der Waals surface area (Å²) in [5.74, 6) is -0.448. The standard InChI is InChI=1S/C19H22N4O3/c24-17-9-5-4-8-14(17)10-11-18(25)22-23-19(26)16-12-15(20-21-16)13-6-2-1-3-7-13/h1-9,15-16,20-21,24H,10-12H2,(H,22,25)(H,23,26). The molecule has 0 saturated carbocycles. The van der Waals surface area contributed by atoms with E-state index in [4.69, 9.17) is 0 Å². The molecule has 7 heteroatoms. The summed E-state index contributed by atoms with van der Waals surface area (Å²) in [6.45, 7) is 0. The fourth-order valence-electron chi connectivity index (χ4n) is 2.88. The zero-order valence-electron chi connectivity index (χ0n) is 14.2. The molecule has 0 aliphatic carbocycles. The number of hydrogen-bond acceptors (Lipinski definition) is 5. The Morgan fingerprint density at radius 1 is 1.00 bits per heavy atom. The van der Waals surface area contributed by atoms with Crippen LogP contribution in [0, 0.1) is 0 Å². The van der Waals surface area contributed by atoms with E-state index in [1.54, 1.807) is 24.3 Å². The van der Waals surface area contributed by atoms with Crippen molar-refractivity contribution in [1.29, 1.82) is 0 Å². The van der Waals surface area contributed by atoms with E-state index in [0.29, 0.717) is 18.4 Å². The SMILES string of the molecule is O=C(CCc1ccccc1O)NNC(=O)C1CC(c2ccccc2)NN1. The summed E-state index contributed by atoms with van der Waals surface area (Å²) < 4.78 is 0. The van der Waals surface area contributed by atoms with Crippen LogP contribution in [-0.4, -0.2) is 23.0 Å². The maximum absolute atomic E-state index is 12.2. The van der Waals surface area contributed by atoms with Gasteiger partial charge < -0.3 is 5.11 Å². The number of carbonyl (C=O) groups excluding carboxylic acids is 2. The number of aromatic hydroxyl groups is 1. The van der Waals surface area contributed by atoms with Crippen LogP contribution in [-0.2, 0) is 16.0 Å². The lowest BCUT2D eigenvalue weighted by atomic mass is 10.0. The Morgan fingerprint density at radius 3 is 2.50 bits per heavy atom. The summed E-state index contributed by atoms with van der Waals surface area (Å²) in [7, 11) is 0. The van der Waals surface area contributed by atoms with Crippen molar-refractivity contribution >= 4 is 11.8 Å². The molecule has 0 spiro atoms. The van der Waals surface area contributed by atoms with Gasteiger partial charge in [-0.25, -0.2) is 10.9 Å². The third-order valence-electron chi connectivity index (χ3n) is 4.36. The number of hydrogen-bond donors (Lipinski definition) is 5. The van der Waals surface area contributed by atoms with Crippen molar-refractivity contribution in [2.75, 3.05) is 0 Å². The first kappa shape index (κ1) is 17.9. The second-order valence-corrected chi connectivity index (χ2v) is 6.21. The molecule has 0 bridgehead atoms. The number of para-hydroxylation sites is 1. The first-order valence-corrected chi connectivity index (χ1v) is 8.55. The van der Waals surface area contributed by atoms with Gasteiger partial charge in [-0.15, -0.1) is 0 Å². The van der Waals surface area contributed by atoms with E-state index in [0.717, 1.165) is 5.56 Å². The summed E-state index contributed by atoms with van der Waals surface area (Å²) in [6.07, 6.45) is 1.15. The fraction of sp³-hybridized carbons (Fsp3) is 0.263. The molecule has 2 atom stereocenters. The van der Waals surface area contributed by atoms with Crippen molar-refractivity contribution in [1.82, 2.24) is 21.7 Å². The van der Waals surface area contributed by atoms with Crippen LogP contribution in [0.2, 0.25) is 0 Å². The predicted octanol–water partition coefficient (Wildman–Crippen LogP) is 1.08. The summed E-state index contributed by atoms with van der Waals surface area (Å²) >= 11 is 0. The summed E-state index contributed by atoms with van der Waals surface area (Å²) in [6, 6.07) is 16.3. The Bertz CT molecular complexity index is 766. The van der Waals surface area contributed by atoms with Crippen LogP contribution in [0.25, 0.3) is 0 Å². The molecule has 1 saturated heterocycles. The van der Waals surface area contributed by atoms with Gasteiger partial charge in [0.15, 0.2) is 0 Å². The number of hydrazine groups is 2. The minimum absolute atomic E-state index is 0.0451. The van der Waals surface area contributed by atoms with Crippen molar-refractivity contribution < 1.29 is 14.7 Å². The Balaban J connectivity index is 1.41. The fourth-order valence-corrected chi connectivity index (χ4v) is 2.88. The van der Waals surface area contributed by atoms with Crippen molar-refractivity contribution in [2.24, 2.45) is 0 Å². The Kier molecular flexibility index (Phi) is 5.83. The van der Waals surface area contributed by atoms with Crippen LogP contribution >= 0.6 is 0 Å². The normalized spacial score (nSPS) is 19.1. The highest BCUT2D eigenvalue weighted by Gasteiger charge is 2.30. The van der Waals surface area contributed by atoms with E-state index in [1.807, 2.05) is 30.3 Å². The van der Waals surface area contributed by atoms with Gasteiger partial charge in [-0.05, 0) is 30.0 Å². The molecular weight excluding hydrogens is 332 g/mol. The molecule has 2 unspecified atom stereocenters. The lowest BCUT2D eigenvalue weighted by Gasteiger charge is -2.12. The van der Waals surface area contributed by atoms with Crippen LogP contribution in [0.15, 0.2) is 54.6 Å². The second kappa shape index (κ2) is 8.46. The van der Waals surface area contributed by atoms with Gasteiger partial charge in [0, 0.05) is 12.5 Å². The van der Waals surface area contributed by atoms with Crippen LogP contribution in [0.1, 0.15) is 30.0 Å². The van der Waals surface area contributed by atoms with Crippen LogP contribution in [0.3, 0.4) is 0 Å². The first-order chi connectivity index (χ1) is 12.6. The Hall–Kier alpha value is -2.90. The van der Waals surface area contributed by atoms with Gasteiger partial charge in [0.1, 0.15) is 11.8 Å². The molecule has 2 aromatic rings. The van der Waals surface area contributed by atoms with Crippen molar-refractivity contribution in [3.8, 4) is 5.75 Å². The van der Waals surface area contributed by atoms with Crippen molar-refractivity contribution in [2.45, 2.75) is 31.3 Å². The van der Waals surface area contributed by atoms with Crippen molar-refractivity contribution in [3.63, 3.8) is 0 Å². The molecule has 0 radical (unpaired) electrons. The Morgan fingerprint density at radius 2 is 1.73 bits per heavy atom. The Labute approximate surface area is 151 Å². The minimum Gasteiger partial charge on any atom is -0.508 e. The largest absolute Gasteiger partial charge is 0.508 e. The number of benzene rings is 2. The molecule has 2 aromatic carbocycles. The molecule has 7 nitrogen and oxygen atoms in total. The van der Waals surface area contributed by atoms with E-state index in [-0.39, 0.29) is 30.0 Å². The van der Waals surface area contributed by atoms with E-state index in [9.17, 15) is 14.7 Å². The summed E-state index contributed by atoms with van der Waals surface area (Å²) in [4.78, 5) is 24.1. The van der Waals surface area contributed by atoms with Gasteiger partial charge in [0.25, 0.3) is 5.91 Å². The lowest BCUT2D eigenvalue weighted by molar-refractivity contribution is -0.129. The van der Waals surface area contributed by atoms with E-state index in [1.165, 1.54) is 0 Å². The van der Waals surface area contributed by atoms with E-state index < -0.39 is 6.04 Å². The third kappa shape index (κ3) is 4.59. The highest BCUT2D eigenvalue weighted by molar-refractivity contribution is 5.85. The maximum atomic E-state index is 12.2. The first-order valence-electron chi connectivity index (χ1n) is 8.55. The quantitative estimate of drug-likeness (QED) is 0.517. The maximum Gasteiger partial charge on any atom is 0.256 e. The monoisotopic (exact) mass is 354 g/mol. The smallest absolute Gasteiger partial charge is 0.256 e. The van der Waals surface area contributed by atoms with Gasteiger partial charge in [-0.2, -0.15) is 0 Å². The minimum atomic E-state index is -0.432. The van der Waals surface area contributed by atoms with Gasteiger partial charge in [0.05, 0.1) is 0 Å².